The topological polar surface area (TPSA) is 27.7 Å². The average Bonchev–Trinajstić information content (AvgIpc) is 2.34. The van der Waals surface area contributed by atoms with Gasteiger partial charge in [0.1, 0.15) is 0 Å². The van der Waals surface area contributed by atoms with Crippen LogP contribution in [-0.2, 0) is 0 Å². The van der Waals surface area contributed by atoms with Crippen LogP contribution in [0.4, 0.5) is 0 Å². The van der Waals surface area contributed by atoms with Gasteiger partial charge in [-0.1, -0.05) is 4.68 Å². The highest BCUT2D eigenvalue weighted by atomic mass is 15.4. The van der Waals surface area contributed by atoms with Crippen molar-refractivity contribution in [2.24, 2.45) is 10.1 Å². The summed E-state index contributed by atoms with van der Waals surface area (Å²) in [6.07, 6.45) is 7.67. The first-order chi connectivity index (χ1) is 4.88. The van der Waals surface area contributed by atoms with Crippen LogP contribution in [-0.4, -0.2) is 29.0 Å². The van der Waals surface area contributed by atoms with E-state index >= 15 is 0 Å². The molecule has 2 aliphatic heterocycles. The van der Waals surface area contributed by atoms with Crippen LogP contribution in [0.2, 0.25) is 0 Å². The highest BCUT2D eigenvalue weighted by Gasteiger charge is 2.25. The van der Waals surface area contributed by atoms with Crippen LogP contribution in [0.1, 0.15) is 6.92 Å². The van der Waals surface area contributed by atoms with Crippen molar-refractivity contribution in [2.75, 3.05) is 0 Å². The lowest BCUT2D eigenvalue weighted by Crippen LogP contribution is -2.19. The van der Waals surface area contributed by atoms with E-state index in [0.29, 0.717) is 0 Å². The monoisotopic (exact) mass is 134 g/mol. The van der Waals surface area contributed by atoms with E-state index in [4.69, 9.17) is 0 Å². The van der Waals surface area contributed by atoms with Crippen LogP contribution in [0, 0.1) is 0 Å². The Kier molecular flexibility index (Phi) is 1.03. The molecule has 0 N–H and O–H groups in total. The minimum Gasteiger partial charge on any atom is -0.213 e. The molecule has 0 aromatic rings. The van der Waals surface area contributed by atoms with Crippen molar-refractivity contribution in [1.29, 1.82) is 0 Å². The molecule has 0 aromatic heterocycles. The summed E-state index contributed by atoms with van der Waals surface area (Å²) in [7, 11) is 0. The summed E-state index contributed by atoms with van der Waals surface area (Å²) in [5.41, 5.74) is 1.10. The van der Waals surface area contributed by atoms with Crippen molar-refractivity contribution in [2.45, 2.75) is 13.1 Å². The van der Waals surface area contributed by atoms with Gasteiger partial charge in [0.2, 0.25) is 5.71 Å². The molecule has 0 aliphatic carbocycles. The van der Waals surface area contributed by atoms with Crippen molar-refractivity contribution in [3.05, 3.63) is 12.2 Å². The zero-order chi connectivity index (χ0) is 6.97. The third-order valence-electron chi connectivity index (χ3n) is 1.59. The second kappa shape index (κ2) is 1.87. The maximum atomic E-state index is 4.20. The zero-order valence-corrected chi connectivity index (χ0v) is 5.73. The summed E-state index contributed by atoms with van der Waals surface area (Å²) in [5.74, 6) is 0. The van der Waals surface area contributed by atoms with Crippen LogP contribution in [0.5, 0.6) is 0 Å². The van der Waals surface area contributed by atoms with Gasteiger partial charge in [0.15, 0.2) is 0 Å². The minimum absolute atomic E-state index is 0.130. The second-order valence-electron chi connectivity index (χ2n) is 2.33. The van der Waals surface area contributed by atoms with Crippen molar-refractivity contribution >= 4 is 18.1 Å². The first-order valence-electron chi connectivity index (χ1n) is 3.25. The van der Waals surface area contributed by atoms with E-state index < -0.39 is 0 Å². The summed E-state index contributed by atoms with van der Waals surface area (Å²) in [4.78, 5) is 4.20. The summed E-state index contributed by atoms with van der Waals surface area (Å²) in [6, 6.07) is 0. The number of rotatable bonds is 0. The molecule has 0 spiro atoms. The molecular formula is C7H8N3+. The maximum absolute atomic E-state index is 4.20. The third kappa shape index (κ3) is 0.635. The lowest BCUT2D eigenvalue weighted by atomic mass is 10.4. The van der Waals surface area contributed by atoms with Gasteiger partial charge in [-0.05, 0) is 11.2 Å². The van der Waals surface area contributed by atoms with E-state index in [2.05, 4.69) is 10.1 Å². The molecule has 0 radical (unpaired) electrons. The van der Waals surface area contributed by atoms with Gasteiger partial charge < -0.3 is 0 Å². The fourth-order valence-electron chi connectivity index (χ4n) is 1.07. The van der Waals surface area contributed by atoms with Gasteiger partial charge in [0.05, 0.1) is 12.4 Å². The van der Waals surface area contributed by atoms with Crippen LogP contribution < -0.4 is 0 Å². The van der Waals surface area contributed by atoms with E-state index in [0.717, 1.165) is 5.71 Å². The summed E-state index contributed by atoms with van der Waals surface area (Å²) in [6.45, 7) is 2.00. The smallest absolute Gasteiger partial charge is 0.213 e. The second-order valence-corrected chi connectivity index (χ2v) is 2.33. The number of allylic oxidation sites excluding steroid dienone is 1. The number of fused-ring (bicyclic) bond motifs is 1. The maximum Gasteiger partial charge on any atom is 0.296 e. The first-order valence-corrected chi connectivity index (χ1v) is 3.25. The van der Waals surface area contributed by atoms with E-state index in [-0.39, 0.29) is 6.17 Å². The van der Waals surface area contributed by atoms with Crippen molar-refractivity contribution in [3.63, 3.8) is 0 Å². The highest BCUT2D eigenvalue weighted by molar-refractivity contribution is 6.27. The normalized spacial score (nSPS) is 27.9. The molecule has 0 bridgehead atoms. The predicted octanol–water partition coefficient (Wildman–Crippen LogP) is 0.426. The number of nitrogens with zero attached hydrogens (tertiary/aromatic N) is 3. The van der Waals surface area contributed by atoms with E-state index in [1.54, 1.807) is 6.21 Å². The van der Waals surface area contributed by atoms with Gasteiger partial charge in [0.25, 0.3) is 6.17 Å². The van der Waals surface area contributed by atoms with E-state index in [1.807, 2.05) is 30.0 Å². The van der Waals surface area contributed by atoms with Crippen LogP contribution in [0.3, 0.4) is 0 Å². The van der Waals surface area contributed by atoms with Crippen molar-refractivity contribution in [3.8, 4) is 0 Å². The molecule has 0 fully saturated rings. The molecule has 0 aromatic carbocycles. The standard InChI is InChI=1S/C7H8N3/c1-6-5-8-7-3-2-4-9-10(6)7/h2-5,7H,1H3/q+1. The SMILES string of the molecule is CC1=[N+]2N=CC=CC2N=C1. The largest absolute Gasteiger partial charge is 0.296 e. The highest BCUT2D eigenvalue weighted by Crippen LogP contribution is 2.06. The van der Waals surface area contributed by atoms with Gasteiger partial charge in [-0.15, -0.1) is 0 Å². The molecule has 2 rings (SSSR count). The third-order valence-corrected chi connectivity index (χ3v) is 1.59. The zero-order valence-electron chi connectivity index (χ0n) is 5.73. The number of hydrazone groups is 1. The molecular weight excluding hydrogens is 126 g/mol. The Morgan fingerprint density at radius 2 is 2.50 bits per heavy atom. The minimum atomic E-state index is 0.130. The Balaban J connectivity index is 2.46. The molecule has 1 atom stereocenters. The van der Waals surface area contributed by atoms with Crippen LogP contribution in [0.15, 0.2) is 22.2 Å². The molecule has 3 heteroatoms. The number of hydrogen-bond donors (Lipinski definition) is 0. The summed E-state index contributed by atoms with van der Waals surface area (Å²) < 4.78 is 1.89. The average molecular weight is 134 g/mol. The van der Waals surface area contributed by atoms with E-state index in [9.17, 15) is 0 Å². The Morgan fingerprint density at radius 3 is 3.30 bits per heavy atom. The Labute approximate surface area is 59.1 Å². The first kappa shape index (κ1) is 5.53. The van der Waals surface area contributed by atoms with Gasteiger partial charge in [-0.25, -0.2) is 4.99 Å². The summed E-state index contributed by atoms with van der Waals surface area (Å²) >= 11 is 0. The van der Waals surface area contributed by atoms with Gasteiger partial charge in [-0.3, -0.25) is 0 Å². The quantitative estimate of drug-likeness (QED) is 0.430. The van der Waals surface area contributed by atoms with Gasteiger partial charge >= 0.3 is 0 Å². The van der Waals surface area contributed by atoms with Gasteiger partial charge in [0, 0.05) is 13.0 Å². The predicted molar refractivity (Wildman–Crippen MR) is 40.9 cm³/mol. The summed E-state index contributed by atoms with van der Waals surface area (Å²) in [5, 5.41) is 4.13. The lowest BCUT2D eigenvalue weighted by molar-refractivity contribution is -0.554. The Bertz CT molecular complexity index is 271. The van der Waals surface area contributed by atoms with Crippen molar-refractivity contribution < 1.29 is 4.68 Å². The molecule has 0 saturated carbocycles. The molecule has 3 nitrogen and oxygen atoms in total. The fraction of sp³-hybridized carbons (Fsp3) is 0.286. The molecule has 2 aliphatic rings. The van der Waals surface area contributed by atoms with Crippen LogP contribution >= 0.6 is 0 Å². The molecule has 50 valence electrons. The molecule has 10 heavy (non-hydrogen) atoms. The Hall–Kier alpha value is -1.25. The van der Waals surface area contributed by atoms with Gasteiger partial charge in [-0.2, -0.15) is 0 Å². The molecule has 0 saturated heterocycles. The molecule has 1 unspecified atom stereocenters. The van der Waals surface area contributed by atoms with Crippen molar-refractivity contribution in [1.82, 2.24) is 0 Å². The number of hydrogen-bond acceptors (Lipinski definition) is 2. The molecule has 2 heterocycles. The lowest BCUT2D eigenvalue weighted by Gasteiger charge is -1.98. The Morgan fingerprint density at radius 1 is 1.60 bits per heavy atom. The fourth-order valence-corrected chi connectivity index (χ4v) is 1.07. The number of aliphatic imine (C=N–C) groups is 1. The molecule has 0 amide bonds. The van der Waals surface area contributed by atoms with Crippen LogP contribution in [0.25, 0.3) is 0 Å². The van der Waals surface area contributed by atoms with E-state index in [1.165, 1.54) is 0 Å².